The first-order chi connectivity index (χ1) is 9.96. The molecule has 2 aromatic rings. The van der Waals surface area contributed by atoms with E-state index in [1.807, 2.05) is 0 Å². The summed E-state index contributed by atoms with van der Waals surface area (Å²) in [5.41, 5.74) is 0.869. The van der Waals surface area contributed by atoms with Crippen LogP contribution in [0, 0.1) is 0 Å². The summed E-state index contributed by atoms with van der Waals surface area (Å²) in [6, 6.07) is 4.21. The van der Waals surface area contributed by atoms with E-state index in [-0.39, 0.29) is 22.9 Å². The number of benzene rings is 1. The number of methoxy groups -OCH3 is 1. The summed E-state index contributed by atoms with van der Waals surface area (Å²) in [7, 11) is -2.30. The fourth-order valence-electron chi connectivity index (χ4n) is 1.70. The van der Waals surface area contributed by atoms with Crippen LogP contribution in [0.15, 0.2) is 33.3 Å². The van der Waals surface area contributed by atoms with E-state index < -0.39 is 10.0 Å². The smallest absolute Gasteiger partial charge is 0.304 e. The molecule has 114 valence electrons. The highest BCUT2D eigenvalue weighted by molar-refractivity contribution is 7.89. The monoisotopic (exact) mass is 330 g/mol. The van der Waals surface area contributed by atoms with Crippen LogP contribution < -0.4 is 14.3 Å². The number of nitrogens with one attached hydrogen (secondary N) is 2. The molecule has 3 N–H and O–H groups in total. The van der Waals surface area contributed by atoms with Crippen LogP contribution in [0.1, 0.15) is 11.3 Å². The van der Waals surface area contributed by atoms with E-state index in [9.17, 15) is 18.3 Å². The van der Waals surface area contributed by atoms with Crippen molar-refractivity contribution in [2.24, 2.45) is 0 Å². The molecule has 0 aliphatic heterocycles. The predicted molar refractivity (Wildman–Crippen MR) is 77.9 cm³/mol. The zero-order valence-corrected chi connectivity index (χ0v) is 12.8. The van der Waals surface area contributed by atoms with Crippen molar-refractivity contribution in [3.63, 3.8) is 0 Å². The molecule has 21 heavy (non-hydrogen) atoms. The number of hydrogen-bond donors (Lipinski definition) is 3. The molecule has 7 nitrogen and oxygen atoms in total. The molecule has 1 heterocycles. The van der Waals surface area contributed by atoms with E-state index in [2.05, 4.69) is 9.71 Å². The maximum absolute atomic E-state index is 12.2. The molecule has 0 unspecified atom stereocenters. The second-order valence-corrected chi connectivity index (χ2v) is 6.74. The van der Waals surface area contributed by atoms with Gasteiger partial charge in [0.1, 0.15) is 5.75 Å². The fraction of sp³-hybridized carbons (Fsp3) is 0.250. The van der Waals surface area contributed by atoms with Gasteiger partial charge in [0.05, 0.1) is 25.2 Å². The standard InChI is InChI=1S/C12H14N2O5S2/c1-19-11-3-2-10(4-8(11)6-15)21(17,18)13-5-9-7-20-12(16)14-9/h2-4,7,13,15H,5-6H2,1H3,(H,14,16). The van der Waals surface area contributed by atoms with Crippen molar-refractivity contribution in [3.8, 4) is 5.75 Å². The minimum Gasteiger partial charge on any atom is -0.496 e. The molecule has 0 aliphatic carbocycles. The molecule has 1 aromatic carbocycles. The van der Waals surface area contributed by atoms with E-state index in [1.165, 1.54) is 25.3 Å². The molecule has 0 fully saturated rings. The maximum atomic E-state index is 12.2. The van der Waals surface area contributed by atoms with Crippen LogP contribution in [-0.4, -0.2) is 25.6 Å². The molecule has 0 saturated heterocycles. The molecule has 0 bridgehead atoms. The summed E-state index contributed by atoms with van der Waals surface area (Å²) >= 11 is 0.966. The summed E-state index contributed by atoms with van der Waals surface area (Å²) in [4.78, 5) is 13.3. The lowest BCUT2D eigenvalue weighted by Gasteiger charge is -2.10. The number of thiazole rings is 1. The molecular weight excluding hydrogens is 316 g/mol. The van der Waals surface area contributed by atoms with Gasteiger partial charge in [-0.05, 0) is 18.2 Å². The molecule has 9 heteroatoms. The topological polar surface area (TPSA) is 108 Å². The zero-order chi connectivity index (χ0) is 15.5. The largest absolute Gasteiger partial charge is 0.496 e. The molecule has 0 radical (unpaired) electrons. The van der Waals surface area contributed by atoms with Crippen molar-refractivity contribution in [1.29, 1.82) is 0 Å². The second kappa shape index (κ2) is 6.39. The summed E-state index contributed by atoms with van der Waals surface area (Å²) in [6.45, 7) is -0.341. The third-order valence-corrected chi connectivity index (χ3v) is 4.87. The summed E-state index contributed by atoms with van der Waals surface area (Å²) < 4.78 is 31.7. The lowest BCUT2D eigenvalue weighted by Crippen LogP contribution is -2.23. The number of ether oxygens (including phenoxy) is 1. The van der Waals surface area contributed by atoms with Crippen molar-refractivity contribution in [1.82, 2.24) is 9.71 Å². The van der Waals surface area contributed by atoms with Gasteiger partial charge in [0.2, 0.25) is 10.0 Å². The SMILES string of the molecule is COc1ccc(S(=O)(=O)NCc2csc(=O)[nH]2)cc1CO. The maximum Gasteiger partial charge on any atom is 0.304 e. The predicted octanol–water partition coefficient (Wildman–Crippen LogP) is 0.416. The Hall–Kier alpha value is -1.68. The van der Waals surface area contributed by atoms with Crippen LogP contribution in [0.2, 0.25) is 0 Å². The lowest BCUT2D eigenvalue weighted by atomic mass is 10.2. The van der Waals surface area contributed by atoms with E-state index in [0.717, 1.165) is 11.3 Å². The quantitative estimate of drug-likeness (QED) is 0.711. The molecule has 0 amide bonds. The van der Waals surface area contributed by atoms with Crippen molar-refractivity contribution in [2.75, 3.05) is 7.11 Å². The van der Waals surface area contributed by atoms with Crippen molar-refractivity contribution in [3.05, 3.63) is 44.5 Å². The molecule has 1 aromatic heterocycles. The van der Waals surface area contributed by atoms with Crippen LogP contribution in [0.3, 0.4) is 0 Å². The first kappa shape index (κ1) is 15.7. The molecule has 2 rings (SSSR count). The second-order valence-electron chi connectivity index (χ2n) is 4.13. The number of aromatic nitrogens is 1. The highest BCUT2D eigenvalue weighted by Gasteiger charge is 2.16. The van der Waals surface area contributed by atoms with Crippen molar-refractivity contribution >= 4 is 21.4 Å². The summed E-state index contributed by atoms with van der Waals surface area (Å²) in [5, 5.41) is 10.8. The van der Waals surface area contributed by atoms with Gasteiger partial charge in [-0.25, -0.2) is 13.1 Å². The number of rotatable bonds is 6. The fourth-order valence-corrected chi connectivity index (χ4v) is 3.34. The third kappa shape index (κ3) is 3.70. The summed E-state index contributed by atoms with van der Waals surface area (Å²) in [6.07, 6.45) is 0. The van der Waals surface area contributed by atoms with Crippen LogP contribution >= 0.6 is 11.3 Å². The van der Waals surface area contributed by atoms with Gasteiger partial charge in [0, 0.05) is 16.6 Å². The van der Waals surface area contributed by atoms with Crippen LogP contribution in [-0.2, 0) is 23.2 Å². The highest BCUT2D eigenvalue weighted by atomic mass is 32.2. The number of aliphatic hydroxyl groups is 1. The molecule has 0 aliphatic rings. The van der Waals surface area contributed by atoms with Crippen LogP contribution in [0.5, 0.6) is 5.75 Å². The minimum atomic E-state index is -3.74. The van der Waals surface area contributed by atoms with Gasteiger partial charge in [-0.2, -0.15) is 0 Å². The third-order valence-electron chi connectivity index (χ3n) is 2.76. The van der Waals surface area contributed by atoms with Crippen LogP contribution in [0.25, 0.3) is 0 Å². The lowest BCUT2D eigenvalue weighted by molar-refractivity contribution is 0.273. The zero-order valence-electron chi connectivity index (χ0n) is 11.1. The Morgan fingerprint density at radius 3 is 2.76 bits per heavy atom. The number of hydrogen-bond acceptors (Lipinski definition) is 6. The Balaban J connectivity index is 2.21. The summed E-state index contributed by atoms with van der Waals surface area (Å²) in [5.74, 6) is 0.415. The number of aliphatic hydroxyl groups excluding tert-OH is 1. The minimum absolute atomic E-state index is 0.0123. The Kier molecular flexibility index (Phi) is 4.78. The van der Waals surface area contributed by atoms with Crippen molar-refractivity contribution in [2.45, 2.75) is 18.0 Å². The van der Waals surface area contributed by atoms with E-state index in [0.29, 0.717) is 17.0 Å². The normalized spacial score (nSPS) is 11.5. The van der Waals surface area contributed by atoms with Gasteiger partial charge in [-0.3, -0.25) is 4.79 Å². The van der Waals surface area contributed by atoms with E-state index in [4.69, 9.17) is 4.74 Å². The molecular formula is C12H14N2O5S2. The van der Waals surface area contributed by atoms with Gasteiger partial charge in [-0.1, -0.05) is 11.3 Å². The van der Waals surface area contributed by atoms with Crippen molar-refractivity contribution < 1.29 is 18.3 Å². The Labute approximate surface area is 125 Å². The number of sulfonamides is 1. The van der Waals surface area contributed by atoms with E-state index >= 15 is 0 Å². The average molecular weight is 330 g/mol. The van der Waals surface area contributed by atoms with E-state index in [1.54, 1.807) is 5.38 Å². The molecule has 0 spiro atoms. The van der Waals surface area contributed by atoms with Gasteiger partial charge in [0.15, 0.2) is 0 Å². The molecule has 0 saturated carbocycles. The Morgan fingerprint density at radius 2 is 2.19 bits per heavy atom. The average Bonchev–Trinajstić information content (AvgIpc) is 2.90. The van der Waals surface area contributed by atoms with Gasteiger partial charge < -0.3 is 14.8 Å². The number of aromatic amines is 1. The highest BCUT2D eigenvalue weighted by Crippen LogP contribution is 2.22. The van der Waals surface area contributed by atoms with Gasteiger partial charge in [0.25, 0.3) is 0 Å². The Morgan fingerprint density at radius 1 is 1.43 bits per heavy atom. The number of H-pyrrole nitrogens is 1. The first-order valence-electron chi connectivity index (χ1n) is 5.90. The van der Waals surface area contributed by atoms with Gasteiger partial charge in [-0.15, -0.1) is 0 Å². The first-order valence-corrected chi connectivity index (χ1v) is 8.26. The van der Waals surface area contributed by atoms with Crippen LogP contribution in [0.4, 0.5) is 0 Å². The molecule has 0 atom stereocenters. The Bertz CT molecular complexity index is 779. The van der Waals surface area contributed by atoms with Gasteiger partial charge >= 0.3 is 4.87 Å².